The van der Waals surface area contributed by atoms with Crippen LogP contribution in [0.15, 0.2) is 18.3 Å². The number of anilines is 2. The Labute approximate surface area is 212 Å². The second-order valence-electron chi connectivity index (χ2n) is 9.34. The topological polar surface area (TPSA) is 102 Å². The Morgan fingerprint density at radius 2 is 1.94 bits per heavy atom. The van der Waals surface area contributed by atoms with Crippen molar-refractivity contribution in [3.05, 3.63) is 29.2 Å². The van der Waals surface area contributed by atoms with E-state index in [0.29, 0.717) is 29.3 Å². The number of nitrogen functional groups attached to an aromatic ring is 1. The van der Waals surface area contributed by atoms with Gasteiger partial charge in [0.05, 0.1) is 35.1 Å². The van der Waals surface area contributed by atoms with Gasteiger partial charge in [0.2, 0.25) is 11.9 Å². The van der Waals surface area contributed by atoms with Crippen molar-refractivity contribution < 1.29 is 23.0 Å². The highest BCUT2D eigenvalue weighted by Gasteiger charge is 2.36. The molecule has 3 N–H and O–H groups in total. The first-order valence-electron chi connectivity index (χ1n) is 11.9. The summed E-state index contributed by atoms with van der Waals surface area (Å²) in [5.41, 5.74) is 7.12. The van der Waals surface area contributed by atoms with Crippen molar-refractivity contribution in [3.8, 4) is 11.3 Å². The normalized spacial score (nSPS) is 19.9. The second-order valence-corrected chi connectivity index (χ2v) is 9.75. The Kier molecular flexibility index (Phi) is 7.91. The molecule has 0 spiro atoms. The van der Waals surface area contributed by atoms with Crippen LogP contribution in [0.4, 0.5) is 25.1 Å². The van der Waals surface area contributed by atoms with E-state index in [1.165, 1.54) is 12.3 Å². The third-order valence-corrected chi connectivity index (χ3v) is 6.47. The van der Waals surface area contributed by atoms with Crippen molar-refractivity contribution in [2.24, 2.45) is 0 Å². The fraction of sp³-hybridized carbons (Fsp3) is 0.542. The Morgan fingerprint density at radius 1 is 1.22 bits per heavy atom. The number of alkyl halides is 2. The lowest BCUT2D eigenvalue weighted by atomic mass is 10.1. The zero-order valence-electron chi connectivity index (χ0n) is 20.2. The van der Waals surface area contributed by atoms with Gasteiger partial charge in [-0.3, -0.25) is 0 Å². The van der Waals surface area contributed by atoms with Gasteiger partial charge in [0.15, 0.2) is 5.82 Å². The molecule has 3 aromatic rings. The van der Waals surface area contributed by atoms with E-state index in [9.17, 15) is 13.2 Å². The van der Waals surface area contributed by atoms with Crippen molar-refractivity contribution in [1.82, 2.24) is 19.5 Å². The molecular formula is C24H30ClF3N6O2. The molecule has 36 heavy (non-hydrogen) atoms. The van der Waals surface area contributed by atoms with Crippen LogP contribution in [0.2, 0.25) is 5.02 Å². The molecule has 2 fully saturated rings. The first kappa shape index (κ1) is 26.4. The van der Waals surface area contributed by atoms with E-state index in [0.717, 1.165) is 19.4 Å². The van der Waals surface area contributed by atoms with Gasteiger partial charge in [-0.25, -0.2) is 28.1 Å². The lowest BCUT2D eigenvalue weighted by molar-refractivity contribution is -0.0223. The van der Waals surface area contributed by atoms with E-state index in [1.807, 2.05) is 18.4 Å². The van der Waals surface area contributed by atoms with Gasteiger partial charge in [-0.15, -0.1) is 0 Å². The van der Waals surface area contributed by atoms with E-state index < -0.39 is 11.7 Å². The number of nitrogens with two attached hydrogens (primary N) is 1. The number of imidazole rings is 1. The molecule has 0 amide bonds. The van der Waals surface area contributed by atoms with Crippen LogP contribution in [0, 0.1) is 5.82 Å². The molecule has 2 saturated heterocycles. The molecule has 2 aliphatic rings. The molecule has 8 nitrogen and oxygen atoms in total. The van der Waals surface area contributed by atoms with Gasteiger partial charge in [0.25, 0.3) is 5.92 Å². The average Bonchev–Trinajstić information content (AvgIpc) is 3.22. The molecule has 1 atom stereocenters. The number of ether oxygens (including phenoxy) is 1. The van der Waals surface area contributed by atoms with Crippen LogP contribution in [-0.2, 0) is 4.74 Å². The lowest BCUT2D eigenvalue weighted by Crippen LogP contribution is -2.40. The molecule has 0 saturated carbocycles. The smallest absolute Gasteiger partial charge is 0.251 e. The largest absolute Gasteiger partial charge is 0.391 e. The van der Waals surface area contributed by atoms with Crippen LogP contribution in [-0.4, -0.2) is 63.0 Å². The van der Waals surface area contributed by atoms with Gasteiger partial charge in [0.1, 0.15) is 5.52 Å². The third-order valence-electron chi connectivity index (χ3n) is 6.20. The fourth-order valence-corrected chi connectivity index (χ4v) is 4.55. The molecule has 1 unspecified atom stereocenters. The summed E-state index contributed by atoms with van der Waals surface area (Å²) < 4.78 is 48.9. The summed E-state index contributed by atoms with van der Waals surface area (Å²) >= 11 is 6.19. The number of hydrogen-bond acceptors (Lipinski definition) is 7. The van der Waals surface area contributed by atoms with Gasteiger partial charge in [-0.1, -0.05) is 11.6 Å². The maximum atomic E-state index is 15.0. The Bertz CT molecular complexity index is 1210. The molecule has 2 aliphatic heterocycles. The van der Waals surface area contributed by atoms with Crippen LogP contribution in [0.25, 0.3) is 22.3 Å². The number of piperidine rings is 1. The van der Waals surface area contributed by atoms with E-state index in [1.54, 1.807) is 11.0 Å². The van der Waals surface area contributed by atoms with Crippen molar-refractivity contribution in [1.29, 1.82) is 0 Å². The number of rotatable bonds is 3. The Balaban J connectivity index is 0.000000375. The minimum atomic E-state index is -2.67. The van der Waals surface area contributed by atoms with Gasteiger partial charge < -0.3 is 25.0 Å². The number of fused-ring (bicyclic) bond motifs is 1. The van der Waals surface area contributed by atoms with Crippen LogP contribution in [0.5, 0.6) is 0 Å². The minimum absolute atomic E-state index is 0.0252. The SMILES string of the molecule is CC(C)n1c(N2CCC(F)(F)CC2)nc2c(F)cc(-c3nc(N)ncc3Cl)cc21.OC1CCCOC1. The highest BCUT2D eigenvalue weighted by atomic mass is 35.5. The number of nitrogens with zero attached hydrogens (tertiary/aromatic N) is 5. The molecule has 0 aliphatic carbocycles. The summed E-state index contributed by atoms with van der Waals surface area (Å²) in [6, 6.07) is 2.96. The zero-order valence-corrected chi connectivity index (χ0v) is 21.0. The molecule has 0 radical (unpaired) electrons. The van der Waals surface area contributed by atoms with Gasteiger partial charge in [0, 0.05) is 44.1 Å². The molecule has 0 bridgehead atoms. The third kappa shape index (κ3) is 5.84. The monoisotopic (exact) mass is 526 g/mol. The fourth-order valence-electron chi connectivity index (χ4n) is 4.35. The van der Waals surface area contributed by atoms with E-state index in [4.69, 9.17) is 27.2 Å². The number of halogens is 4. The van der Waals surface area contributed by atoms with Crippen LogP contribution >= 0.6 is 11.6 Å². The molecular weight excluding hydrogens is 497 g/mol. The van der Waals surface area contributed by atoms with Crippen LogP contribution in [0.3, 0.4) is 0 Å². The van der Waals surface area contributed by atoms with Crippen LogP contribution < -0.4 is 10.6 Å². The number of hydrogen-bond donors (Lipinski definition) is 2. The van der Waals surface area contributed by atoms with Gasteiger partial charge in [-0.2, -0.15) is 0 Å². The quantitative estimate of drug-likeness (QED) is 0.503. The van der Waals surface area contributed by atoms with Crippen molar-refractivity contribution >= 4 is 34.5 Å². The summed E-state index contributed by atoms with van der Waals surface area (Å²) in [5.74, 6) is -2.71. The van der Waals surface area contributed by atoms with Gasteiger partial charge in [-0.05, 0) is 38.8 Å². The molecule has 5 rings (SSSR count). The number of aliphatic hydroxyl groups is 1. The molecule has 1 aromatic carbocycles. The predicted octanol–water partition coefficient (Wildman–Crippen LogP) is 4.84. The summed E-state index contributed by atoms with van der Waals surface area (Å²) in [5, 5.41) is 9.03. The maximum Gasteiger partial charge on any atom is 0.251 e. The standard InChI is InChI=1S/C19H20ClF3N6.C5H10O2/c1-10(2)29-14-8-11(15-12(20)9-25-17(24)26-15)7-13(21)16(14)27-18(29)28-5-3-19(22,23)4-6-28;6-5-2-1-3-7-4-5/h7-10H,3-6H2,1-2H3,(H2,24,25,26);5-6H,1-4H2. The average molecular weight is 527 g/mol. The van der Waals surface area contributed by atoms with E-state index in [-0.39, 0.29) is 54.6 Å². The Morgan fingerprint density at radius 3 is 2.53 bits per heavy atom. The summed E-state index contributed by atoms with van der Waals surface area (Å²) in [6.07, 6.45) is 2.60. The first-order chi connectivity index (χ1) is 17.1. The second kappa shape index (κ2) is 10.8. The highest BCUT2D eigenvalue weighted by molar-refractivity contribution is 6.33. The van der Waals surface area contributed by atoms with E-state index in [2.05, 4.69) is 15.0 Å². The Hall–Kier alpha value is -2.63. The minimum Gasteiger partial charge on any atom is -0.391 e. The summed E-state index contributed by atoms with van der Waals surface area (Å²) in [7, 11) is 0. The maximum absolute atomic E-state index is 15.0. The highest BCUT2D eigenvalue weighted by Crippen LogP contribution is 2.36. The molecule has 12 heteroatoms. The number of aliphatic hydroxyl groups excluding tert-OH is 1. The summed E-state index contributed by atoms with van der Waals surface area (Å²) in [4.78, 5) is 14.2. The van der Waals surface area contributed by atoms with Gasteiger partial charge >= 0.3 is 0 Å². The molecule has 196 valence electrons. The van der Waals surface area contributed by atoms with Crippen molar-refractivity contribution in [2.45, 2.75) is 57.6 Å². The number of benzene rings is 1. The first-order valence-corrected chi connectivity index (χ1v) is 12.3. The van der Waals surface area contributed by atoms with E-state index >= 15 is 0 Å². The molecule has 2 aromatic heterocycles. The molecule has 4 heterocycles. The van der Waals surface area contributed by atoms with Crippen LogP contribution in [0.1, 0.15) is 45.6 Å². The van der Waals surface area contributed by atoms with Crippen molar-refractivity contribution in [2.75, 3.05) is 36.9 Å². The predicted molar refractivity (Wildman–Crippen MR) is 133 cm³/mol. The van der Waals surface area contributed by atoms with Crippen molar-refractivity contribution in [3.63, 3.8) is 0 Å². The zero-order chi connectivity index (χ0) is 26.0. The summed E-state index contributed by atoms with van der Waals surface area (Å²) in [6.45, 7) is 5.56. The number of aromatic nitrogens is 4. The lowest BCUT2D eigenvalue weighted by Gasteiger charge is -2.33.